The number of hydrogen-bond acceptors (Lipinski definition) is 3. The van der Waals surface area contributed by atoms with Crippen LogP contribution in [-0.2, 0) is 13.6 Å². The Balaban J connectivity index is 2.08. The molecular formula is C14H22N4. The molecule has 0 amide bonds. The van der Waals surface area contributed by atoms with Crippen molar-refractivity contribution in [3.63, 3.8) is 0 Å². The maximum atomic E-state index is 4.58. The lowest BCUT2D eigenvalue weighted by Gasteiger charge is -2.17. The number of fused-ring (bicyclic) bond motifs is 1. The van der Waals surface area contributed by atoms with Gasteiger partial charge in [0.1, 0.15) is 0 Å². The summed E-state index contributed by atoms with van der Waals surface area (Å²) in [6.45, 7) is 4.05. The predicted octanol–water partition coefficient (Wildman–Crippen LogP) is 1.61. The number of benzene rings is 1. The van der Waals surface area contributed by atoms with Crippen LogP contribution in [0.15, 0.2) is 24.3 Å². The minimum atomic E-state index is 0.459. The van der Waals surface area contributed by atoms with Gasteiger partial charge in [-0.3, -0.25) is 4.68 Å². The van der Waals surface area contributed by atoms with Gasteiger partial charge in [0.15, 0.2) is 0 Å². The summed E-state index contributed by atoms with van der Waals surface area (Å²) in [5.74, 6) is 0. The third kappa shape index (κ3) is 2.89. The fourth-order valence-electron chi connectivity index (χ4n) is 2.30. The summed E-state index contributed by atoms with van der Waals surface area (Å²) in [5, 5.41) is 9.34. The standard InChI is InChI=1S/C14H22N4/c1-11(10-17(2)3)15-9-13-12-7-5-6-8-14(12)18(4)16-13/h5-8,11,15H,9-10H2,1-4H3. The van der Waals surface area contributed by atoms with Crippen LogP contribution in [0.4, 0.5) is 0 Å². The highest BCUT2D eigenvalue weighted by molar-refractivity contribution is 5.81. The second-order valence-electron chi connectivity index (χ2n) is 5.13. The molecule has 0 radical (unpaired) electrons. The molecule has 1 heterocycles. The van der Waals surface area contributed by atoms with Crippen molar-refractivity contribution in [1.29, 1.82) is 0 Å². The third-order valence-electron chi connectivity index (χ3n) is 3.09. The lowest BCUT2D eigenvalue weighted by molar-refractivity contribution is 0.348. The monoisotopic (exact) mass is 246 g/mol. The van der Waals surface area contributed by atoms with E-state index in [0.29, 0.717) is 6.04 Å². The first-order valence-corrected chi connectivity index (χ1v) is 6.36. The van der Waals surface area contributed by atoms with Gasteiger partial charge < -0.3 is 10.2 Å². The zero-order valence-electron chi connectivity index (χ0n) is 11.6. The smallest absolute Gasteiger partial charge is 0.0841 e. The van der Waals surface area contributed by atoms with E-state index in [9.17, 15) is 0 Å². The molecule has 0 bridgehead atoms. The molecule has 98 valence electrons. The fraction of sp³-hybridized carbons (Fsp3) is 0.500. The van der Waals surface area contributed by atoms with Crippen LogP contribution in [-0.4, -0.2) is 41.4 Å². The fourth-order valence-corrected chi connectivity index (χ4v) is 2.30. The number of hydrogen-bond donors (Lipinski definition) is 1. The van der Waals surface area contributed by atoms with Crippen LogP contribution in [0.1, 0.15) is 12.6 Å². The molecule has 1 unspecified atom stereocenters. The molecule has 0 spiro atoms. The van der Waals surface area contributed by atoms with Crippen molar-refractivity contribution in [2.24, 2.45) is 7.05 Å². The Kier molecular flexibility index (Phi) is 3.99. The van der Waals surface area contributed by atoms with Crippen molar-refractivity contribution in [1.82, 2.24) is 20.0 Å². The topological polar surface area (TPSA) is 33.1 Å². The number of nitrogens with one attached hydrogen (secondary N) is 1. The number of rotatable bonds is 5. The second kappa shape index (κ2) is 5.50. The zero-order chi connectivity index (χ0) is 13.1. The lowest BCUT2D eigenvalue weighted by Crippen LogP contribution is -2.35. The molecule has 0 fully saturated rings. The van der Waals surface area contributed by atoms with E-state index in [4.69, 9.17) is 0 Å². The van der Waals surface area contributed by atoms with Crippen molar-refractivity contribution < 1.29 is 0 Å². The first kappa shape index (κ1) is 13.1. The Hall–Kier alpha value is -1.39. The van der Waals surface area contributed by atoms with Crippen LogP contribution in [0.2, 0.25) is 0 Å². The molecule has 4 heteroatoms. The molecular weight excluding hydrogens is 224 g/mol. The van der Waals surface area contributed by atoms with E-state index in [2.05, 4.69) is 60.6 Å². The maximum Gasteiger partial charge on any atom is 0.0841 e. The molecule has 0 saturated heterocycles. The molecule has 1 N–H and O–H groups in total. The van der Waals surface area contributed by atoms with Gasteiger partial charge in [0, 0.05) is 31.6 Å². The van der Waals surface area contributed by atoms with Gasteiger partial charge in [-0.05, 0) is 27.1 Å². The minimum absolute atomic E-state index is 0.459. The number of nitrogens with zero attached hydrogens (tertiary/aromatic N) is 3. The lowest BCUT2D eigenvalue weighted by atomic mass is 10.2. The quantitative estimate of drug-likeness (QED) is 0.870. The minimum Gasteiger partial charge on any atom is -0.308 e. The first-order chi connectivity index (χ1) is 8.58. The zero-order valence-corrected chi connectivity index (χ0v) is 11.6. The van der Waals surface area contributed by atoms with Crippen molar-refractivity contribution in [2.75, 3.05) is 20.6 Å². The molecule has 0 aliphatic carbocycles. The summed E-state index contributed by atoms with van der Waals surface area (Å²) in [4.78, 5) is 2.19. The summed E-state index contributed by atoms with van der Waals surface area (Å²) < 4.78 is 1.95. The highest BCUT2D eigenvalue weighted by atomic mass is 15.3. The van der Waals surface area contributed by atoms with Gasteiger partial charge in [-0.1, -0.05) is 18.2 Å². The molecule has 0 saturated carbocycles. The Bertz CT molecular complexity index is 515. The van der Waals surface area contributed by atoms with E-state index in [1.165, 1.54) is 10.9 Å². The molecule has 18 heavy (non-hydrogen) atoms. The molecule has 1 aromatic heterocycles. The SMILES string of the molecule is CC(CN(C)C)NCc1nn(C)c2ccccc12. The number of likely N-dealkylation sites (N-methyl/N-ethyl adjacent to an activating group) is 1. The van der Waals surface area contributed by atoms with Crippen LogP contribution >= 0.6 is 0 Å². The normalized spacial score (nSPS) is 13.4. The molecule has 0 aliphatic heterocycles. The third-order valence-corrected chi connectivity index (χ3v) is 3.09. The van der Waals surface area contributed by atoms with Gasteiger partial charge in [-0.15, -0.1) is 0 Å². The van der Waals surface area contributed by atoms with Gasteiger partial charge in [0.2, 0.25) is 0 Å². The molecule has 1 aromatic carbocycles. The number of aromatic nitrogens is 2. The maximum absolute atomic E-state index is 4.58. The van der Waals surface area contributed by atoms with Crippen molar-refractivity contribution in [2.45, 2.75) is 19.5 Å². The average Bonchev–Trinajstić information content (AvgIpc) is 2.64. The van der Waals surface area contributed by atoms with Crippen molar-refractivity contribution in [3.05, 3.63) is 30.0 Å². The first-order valence-electron chi connectivity index (χ1n) is 6.36. The Morgan fingerprint density at radius 1 is 1.33 bits per heavy atom. The Morgan fingerprint density at radius 2 is 2.06 bits per heavy atom. The van der Waals surface area contributed by atoms with Gasteiger partial charge >= 0.3 is 0 Å². The molecule has 2 aromatic rings. The van der Waals surface area contributed by atoms with E-state index in [1.54, 1.807) is 0 Å². The van der Waals surface area contributed by atoms with Gasteiger partial charge in [-0.2, -0.15) is 5.10 Å². The van der Waals surface area contributed by atoms with Crippen LogP contribution in [0, 0.1) is 0 Å². The Morgan fingerprint density at radius 3 is 2.78 bits per heavy atom. The Labute approximate surface area is 109 Å². The van der Waals surface area contributed by atoms with Crippen LogP contribution in [0.3, 0.4) is 0 Å². The van der Waals surface area contributed by atoms with Crippen LogP contribution in [0.5, 0.6) is 0 Å². The molecule has 0 aliphatic rings. The van der Waals surface area contributed by atoms with Gasteiger partial charge in [0.05, 0.1) is 11.2 Å². The van der Waals surface area contributed by atoms with E-state index >= 15 is 0 Å². The van der Waals surface area contributed by atoms with Crippen LogP contribution < -0.4 is 5.32 Å². The highest BCUT2D eigenvalue weighted by Gasteiger charge is 2.09. The van der Waals surface area contributed by atoms with Crippen molar-refractivity contribution >= 4 is 10.9 Å². The summed E-state index contributed by atoms with van der Waals surface area (Å²) in [6.07, 6.45) is 0. The molecule has 2 rings (SSSR count). The summed E-state index contributed by atoms with van der Waals surface area (Å²) in [6, 6.07) is 8.82. The second-order valence-corrected chi connectivity index (χ2v) is 5.13. The largest absolute Gasteiger partial charge is 0.308 e. The van der Waals surface area contributed by atoms with E-state index in [-0.39, 0.29) is 0 Å². The van der Waals surface area contributed by atoms with Gasteiger partial charge in [0.25, 0.3) is 0 Å². The predicted molar refractivity (Wildman–Crippen MR) is 75.6 cm³/mol. The van der Waals surface area contributed by atoms with E-state index in [0.717, 1.165) is 18.8 Å². The van der Waals surface area contributed by atoms with Crippen molar-refractivity contribution in [3.8, 4) is 0 Å². The molecule has 1 atom stereocenters. The average molecular weight is 246 g/mol. The summed E-state index contributed by atoms with van der Waals surface area (Å²) >= 11 is 0. The number of para-hydroxylation sites is 1. The molecule has 4 nitrogen and oxygen atoms in total. The van der Waals surface area contributed by atoms with Gasteiger partial charge in [-0.25, -0.2) is 0 Å². The highest BCUT2D eigenvalue weighted by Crippen LogP contribution is 2.17. The summed E-state index contributed by atoms with van der Waals surface area (Å²) in [5.41, 5.74) is 2.31. The van der Waals surface area contributed by atoms with E-state index < -0.39 is 0 Å². The summed E-state index contributed by atoms with van der Waals surface area (Å²) in [7, 11) is 6.18. The van der Waals surface area contributed by atoms with Crippen LogP contribution in [0.25, 0.3) is 10.9 Å². The number of aryl methyl sites for hydroxylation is 1. The van der Waals surface area contributed by atoms with E-state index in [1.807, 2.05) is 11.7 Å².